The molecular weight excluding hydrogens is 269 g/mol. The van der Waals surface area contributed by atoms with Crippen LogP contribution in [0.2, 0.25) is 0 Å². The number of methoxy groups -OCH3 is 1. The van der Waals surface area contributed by atoms with E-state index in [0.717, 1.165) is 6.26 Å². The minimum atomic E-state index is -3.27. The highest BCUT2D eigenvalue weighted by molar-refractivity contribution is 7.91. The van der Waals surface area contributed by atoms with E-state index in [9.17, 15) is 12.8 Å². The highest BCUT2D eigenvalue weighted by atomic mass is 32.2. The molecule has 19 heavy (non-hydrogen) atoms. The minimum Gasteiger partial charge on any atom is -0.497 e. The fraction of sp³-hybridized carbons (Fsp3) is 0.538. The Kier molecular flexibility index (Phi) is 5.31. The molecule has 0 aliphatic heterocycles. The Morgan fingerprint density at radius 2 is 2.05 bits per heavy atom. The second-order valence-electron chi connectivity index (χ2n) is 4.46. The number of rotatable bonds is 6. The van der Waals surface area contributed by atoms with Gasteiger partial charge in [-0.05, 0) is 19.5 Å². The molecule has 0 radical (unpaired) electrons. The minimum absolute atomic E-state index is 0.334. The standard InChI is InChI=1S/C13H20FNO3S/c1-5-15-13(9(2)19(4,16)17)11-7-6-10(18-3)8-12(11)14/h6-9,13,15H,5H2,1-4H3. The summed E-state index contributed by atoms with van der Waals surface area (Å²) >= 11 is 0. The van der Waals surface area contributed by atoms with Gasteiger partial charge >= 0.3 is 0 Å². The summed E-state index contributed by atoms with van der Waals surface area (Å²) in [6.07, 6.45) is 1.16. The van der Waals surface area contributed by atoms with Gasteiger partial charge in [0.25, 0.3) is 0 Å². The van der Waals surface area contributed by atoms with Crippen molar-refractivity contribution in [2.45, 2.75) is 25.1 Å². The van der Waals surface area contributed by atoms with E-state index in [1.165, 1.54) is 13.2 Å². The van der Waals surface area contributed by atoms with Crippen LogP contribution in [0, 0.1) is 5.82 Å². The Balaban J connectivity index is 3.19. The van der Waals surface area contributed by atoms with Crippen LogP contribution in [-0.4, -0.2) is 33.6 Å². The van der Waals surface area contributed by atoms with Crippen molar-refractivity contribution in [1.29, 1.82) is 0 Å². The number of nitrogens with one attached hydrogen (secondary N) is 1. The molecule has 2 unspecified atom stereocenters. The molecule has 0 fully saturated rings. The Bertz CT molecular complexity index is 531. The third kappa shape index (κ3) is 3.91. The molecule has 108 valence electrons. The summed E-state index contributed by atoms with van der Waals surface area (Å²) in [7, 11) is -1.81. The molecule has 0 bridgehead atoms. The zero-order valence-corrected chi connectivity index (χ0v) is 12.4. The van der Waals surface area contributed by atoms with Crippen LogP contribution in [0.3, 0.4) is 0 Å². The highest BCUT2D eigenvalue weighted by Crippen LogP contribution is 2.26. The lowest BCUT2D eigenvalue weighted by molar-refractivity contribution is 0.409. The summed E-state index contributed by atoms with van der Waals surface area (Å²) in [5.41, 5.74) is 0.334. The van der Waals surface area contributed by atoms with E-state index in [0.29, 0.717) is 17.9 Å². The zero-order valence-electron chi connectivity index (χ0n) is 11.6. The molecule has 1 aromatic rings. The molecule has 0 aromatic heterocycles. The number of ether oxygens (including phenoxy) is 1. The lowest BCUT2D eigenvalue weighted by Gasteiger charge is -2.24. The molecule has 6 heteroatoms. The Hall–Kier alpha value is -1.14. The van der Waals surface area contributed by atoms with Crippen molar-refractivity contribution in [3.8, 4) is 5.75 Å². The van der Waals surface area contributed by atoms with Crippen molar-refractivity contribution in [2.24, 2.45) is 0 Å². The summed E-state index contributed by atoms with van der Waals surface area (Å²) in [5.74, 6) is -0.0655. The van der Waals surface area contributed by atoms with Gasteiger partial charge < -0.3 is 10.1 Å². The van der Waals surface area contributed by atoms with Gasteiger partial charge in [0.1, 0.15) is 11.6 Å². The van der Waals surface area contributed by atoms with Crippen LogP contribution in [0.4, 0.5) is 4.39 Å². The van der Waals surface area contributed by atoms with E-state index in [-0.39, 0.29) is 0 Å². The van der Waals surface area contributed by atoms with E-state index in [1.807, 2.05) is 6.92 Å². The van der Waals surface area contributed by atoms with Crippen molar-refractivity contribution in [3.05, 3.63) is 29.6 Å². The van der Waals surface area contributed by atoms with Gasteiger partial charge in [0.05, 0.1) is 18.4 Å². The molecule has 1 rings (SSSR count). The Labute approximate surface area is 113 Å². The third-order valence-electron chi connectivity index (χ3n) is 3.11. The third-order valence-corrected chi connectivity index (χ3v) is 4.73. The van der Waals surface area contributed by atoms with Gasteiger partial charge in [0.15, 0.2) is 9.84 Å². The van der Waals surface area contributed by atoms with Crippen molar-refractivity contribution in [2.75, 3.05) is 19.9 Å². The number of benzene rings is 1. The van der Waals surface area contributed by atoms with E-state index >= 15 is 0 Å². The first-order valence-electron chi connectivity index (χ1n) is 6.07. The van der Waals surface area contributed by atoms with Crippen LogP contribution in [-0.2, 0) is 9.84 Å². The van der Waals surface area contributed by atoms with Gasteiger partial charge in [-0.3, -0.25) is 0 Å². The Morgan fingerprint density at radius 3 is 2.47 bits per heavy atom. The molecule has 0 saturated carbocycles. The quantitative estimate of drug-likeness (QED) is 0.869. The fourth-order valence-electron chi connectivity index (χ4n) is 1.88. The van der Waals surface area contributed by atoms with Crippen LogP contribution < -0.4 is 10.1 Å². The number of hydrogen-bond acceptors (Lipinski definition) is 4. The smallest absolute Gasteiger partial charge is 0.151 e. The average molecular weight is 289 g/mol. The van der Waals surface area contributed by atoms with Crippen LogP contribution in [0.25, 0.3) is 0 Å². The van der Waals surface area contributed by atoms with Crippen LogP contribution in [0.15, 0.2) is 18.2 Å². The van der Waals surface area contributed by atoms with Crippen molar-refractivity contribution >= 4 is 9.84 Å². The average Bonchev–Trinajstić information content (AvgIpc) is 2.34. The van der Waals surface area contributed by atoms with Crippen LogP contribution >= 0.6 is 0 Å². The number of halogens is 1. The summed E-state index contributed by atoms with van der Waals surface area (Å²) in [6, 6.07) is 3.86. The summed E-state index contributed by atoms with van der Waals surface area (Å²) < 4.78 is 42.3. The molecule has 0 aliphatic rings. The molecule has 1 N–H and O–H groups in total. The maximum absolute atomic E-state index is 14.0. The van der Waals surface area contributed by atoms with Gasteiger partial charge in [0, 0.05) is 17.9 Å². The van der Waals surface area contributed by atoms with Crippen molar-refractivity contribution in [1.82, 2.24) is 5.32 Å². The number of sulfone groups is 1. The van der Waals surface area contributed by atoms with Crippen LogP contribution in [0.5, 0.6) is 5.75 Å². The largest absolute Gasteiger partial charge is 0.497 e. The van der Waals surface area contributed by atoms with Crippen molar-refractivity contribution in [3.63, 3.8) is 0 Å². The van der Waals surface area contributed by atoms with Crippen molar-refractivity contribution < 1.29 is 17.5 Å². The molecule has 0 saturated heterocycles. The van der Waals surface area contributed by atoms with Gasteiger partial charge in [-0.15, -0.1) is 0 Å². The molecule has 2 atom stereocenters. The maximum atomic E-state index is 14.0. The molecule has 0 aliphatic carbocycles. The SMILES string of the molecule is CCNC(c1ccc(OC)cc1F)C(C)S(C)(=O)=O. The monoisotopic (exact) mass is 289 g/mol. The molecule has 0 amide bonds. The van der Waals surface area contributed by atoms with E-state index in [4.69, 9.17) is 4.74 Å². The predicted octanol–water partition coefficient (Wildman–Crippen LogP) is 1.92. The highest BCUT2D eigenvalue weighted by Gasteiger charge is 2.28. The molecule has 0 spiro atoms. The summed E-state index contributed by atoms with van der Waals surface area (Å²) in [4.78, 5) is 0. The predicted molar refractivity (Wildman–Crippen MR) is 73.7 cm³/mol. The van der Waals surface area contributed by atoms with Gasteiger partial charge in [-0.25, -0.2) is 12.8 Å². The molecule has 0 heterocycles. The molecule has 4 nitrogen and oxygen atoms in total. The second kappa shape index (κ2) is 6.34. The number of hydrogen-bond donors (Lipinski definition) is 1. The lowest BCUT2D eigenvalue weighted by atomic mass is 10.0. The van der Waals surface area contributed by atoms with E-state index in [1.54, 1.807) is 19.1 Å². The second-order valence-corrected chi connectivity index (χ2v) is 6.86. The maximum Gasteiger partial charge on any atom is 0.151 e. The van der Waals surface area contributed by atoms with Gasteiger partial charge in [0.2, 0.25) is 0 Å². The molecule has 1 aromatic carbocycles. The Morgan fingerprint density at radius 1 is 1.42 bits per heavy atom. The fourth-order valence-corrected chi connectivity index (χ4v) is 2.62. The van der Waals surface area contributed by atoms with Gasteiger partial charge in [-0.2, -0.15) is 0 Å². The first-order valence-corrected chi connectivity index (χ1v) is 8.02. The first-order chi connectivity index (χ1) is 8.81. The van der Waals surface area contributed by atoms with E-state index < -0.39 is 26.9 Å². The lowest BCUT2D eigenvalue weighted by Crippen LogP contribution is -2.35. The van der Waals surface area contributed by atoms with E-state index in [2.05, 4.69) is 5.32 Å². The zero-order chi connectivity index (χ0) is 14.6. The molecular formula is C13H20FNO3S. The topological polar surface area (TPSA) is 55.4 Å². The normalized spacial score (nSPS) is 15.0. The summed E-state index contributed by atoms with van der Waals surface area (Å²) in [6.45, 7) is 3.98. The summed E-state index contributed by atoms with van der Waals surface area (Å²) in [5, 5.41) is 2.31. The van der Waals surface area contributed by atoms with Gasteiger partial charge in [-0.1, -0.05) is 13.0 Å². The van der Waals surface area contributed by atoms with Crippen LogP contribution in [0.1, 0.15) is 25.5 Å². The first kappa shape index (κ1) is 15.9.